The quantitative estimate of drug-likeness (QED) is 0.0436. The number of aromatic amines is 1. The van der Waals surface area contributed by atoms with Gasteiger partial charge in [0.25, 0.3) is 11.8 Å². The number of aryl methyl sites for hydroxylation is 1. The van der Waals surface area contributed by atoms with Gasteiger partial charge in [-0.1, -0.05) is 51.1 Å². The Morgan fingerprint density at radius 3 is 2.24 bits per heavy atom. The van der Waals surface area contributed by atoms with Crippen molar-refractivity contribution in [3.05, 3.63) is 123 Å². The molecule has 4 heterocycles. The molecule has 0 radical (unpaired) electrons. The van der Waals surface area contributed by atoms with E-state index < -0.39 is 81.8 Å². The van der Waals surface area contributed by atoms with Crippen LogP contribution in [0.3, 0.4) is 0 Å². The summed E-state index contributed by atoms with van der Waals surface area (Å²) in [5.74, 6) is -3.76. The lowest BCUT2D eigenvalue weighted by Gasteiger charge is -2.44. The highest BCUT2D eigenvalue weighted by Crippen LogP contribution is 2.37. The van der Waals surface area contributed by atoms with Gasteiger partial charge in [0.15, 0.2) is 0 Å². The number of nitrogens with zero attached hydrogens (tertiary/aromatic N) is 4. The largest absolute Gasteiger partial charge is 0.417 e. The van der Waals surface area contributed by atoms with Crippen LogP contribution >= 0.6 is 11.3 Å². The predicted octanol–water partition coefficient (Wildman–Crippen LogP) is 7.12. The van der Waals surface area contributed by atoms with Gasteiger partial charge in [-0.3, -0.25) is 33.7 Å². The Morgan fingerprint density at radius 2 is 1.59 bits per heavy atom. The number of anilines is 2. The van der Waals surface area contributed by atoms with Crippen LogP contribution in [-0.4, -0.2) is 118 Å². The zero-order valence-corrected chi connectivity index (χ0v) is 43.7. The van der Waals surface area contributed by atoms with Crippen molar-refractivity contribution in [2.45, 2.75) is 110 Å². The van der Waals surface area contributed by atoms with Crippen LogP contribution < -0.4 is 31.7 Å². The number of alkyl halides is 3. The van der Waals surface area contributed by atoms with Crippen LogP contribution in [0.1, 0.15) is 97.8 Å². The lowest BCUT2D eigenvalue weighted by Crippen LogP contribution is -2.57. The number of unbranched alkanes of at least 4 members (excludes halogenated alkanes) is 1. The van der Waals surface area contributed by atoms with E-state index in [0.717, 1.165) is 27.8 Å². The van der Waals surface area contributed by atoms with Crippen LogP contribution in [0.15, 0.2) is 83.2 Å². The topological polar surface area (TPSA) is 209 Å². The molecule has 5 amide bonds. The van der Waals surface area contributed by atoms with Gasteiger partial charge in [-0.15, -0.1) is 11.3 Å². The molecule has 3 aromatic carbocycles. The fourth-order valence-electron chi connectivity index (χ4n) is 9.38. The Balaban J connectivity index is 0.958. The molecule has 7 rings (SSSR count). The zero-order chi connectivity index (χ0) is 54.5. The normalized spacial score (nSPS) is 18.6. The standard InChI is InChI=1S/C54H63F4N9O7S/c1-30-26-66(27-31(2)65(30)7)43-18-16-35(21-42(43)63-50(72)39-25-60-46(70)23-40(39)54(56,57)58)38-20-36(15-17-41(38)55)49(71)59-19-9-8-10-45(69)64-48(53(4,5)6)52(74)67-28-37(68)22-44(67)51(73)61-24-33-11-13-34(14-12-33)47-32(3)62-29-75-47/h11-18,20-21,23,25,29-31,37,44,48,68H,8-10,19,22,24,26-28H2,1-7H3,(H,59,71)(H,60,70)(H,61,73)(H,63,72)(H,64,69)/t30-,31+,37-,44+,48-/m1/s1. The molecular formula is C54H63F4N9O7S. The van der Waals surface area contributed by atoms with Crippen molar-refractivity contribution in [3.63, 3.8) is 0 Å². The maximum atomic E-state index is 15.7. The number of hydrogen-bond acceptors (Lipinski definition) is 11. The first-order chi connectivity index (χ1) is 35.4. The van der Waals surface area contributed by atoms with E-state index in [1.807, 2.05) is 57.0 Å². The number of aliphatic hydroxyl groups is 1. The van der Waals surface area contributed by atoms with Gasteiger partial charge >= 0.3 is 6.18 Å². The second-order valence-corrected chi connectivity index (χ2v) is 21.3. The summed E-state index contributed by atoms with van der Waals surface area (Å²) >= 11 is 1.54. The van der Waals surface area contributed by atoms with Crippen LogP contribution in [0, 0.1) is 18.2 Å². The monoisotopic (exact) mass is 1060 g/mol. The number of thiazole rings is 1. The van der Waals surface area contributed by atoms with Gasteiger partial charge in [0.05, 0.1) is 44.7 Å². The molecule has 2 aromatic heterocycles. The fourth-order valence-corrected chi connectivity index (χ4v) is 10.2. The summed E-state index contributed by atoms with van der Waals surface area (Å²) < 4.78 is 57.7. The van der Waals surface area contributed by atoms with Gasteiger partial charge in [-0.2, -0.15) is 13.2 Å². The first kappa shape index (κ1) is 55.8. The van der Waals surface area contributed by atoms with Crippen molar-refractivity contribution in [2.75, 3.05) is 43.4 Å². The van der Waals surface area contributed by atoms with E-state index in [9.17, 15) is 47.0 Å². The Bertz CT molecular complexity index is 2960. The lowest BCUT2D eigenvalue weighted by molar-refractivity contribution is -0.144. The minimum atomic E-state index is -5.02. The Morgan fingerprint density at radius 1 is 0.893 bits per heavy atom. The Hall–Kier alpha value is -6.97. The second kappa shape index (κ2) is 23.3. The molecule has 2 aliphatic rings. The number of pyridine rings is 1. The van der Waals surface area contributed by atoms with E-state index in [2.05, 4.69) is 36.1 Å². The third-order valence-electron chi connectivity index (χ3n) is 13.8. The molecule has 2 fully saturated rings. The number of nitrogens with one attached hydrogen (secondary N) is 5. The molecule has 0 bridgehead atoms. The fraction of sp³-hybridized carbons (Fsp3) is 0.426. The number of H-pyrrole nitrogens is 1. The van der Waals surface area contributed by atoms with Crippen molar-refractivity contribution in [1.29, 1.82) is 0 Å². The van der Waals surface area contributed by atoms with Crippen LogP contribution in [0.2, 0.25) is 0 Å². The maximum absolute atomic E-state index is 15.7. The number of rotatable bonds is 16. The predicted molar refractivity (Wildman–Crippen MR) is 279 cm³/mol. The van der Waals surface area contributed by atoms with Gasteiger partial charge in [-0.05, 0) is 93.1 Å². The van der Waals surface area contributed by atoms with Gasteiger partial charge in [-0.25, -0.2) is 9.37 Å². The molecule has 21 heteroatoms. The zero-order valence-electron chi connectivity index (χ0n) is 42.9. The molecule has 16 nitrogen and oxygen atoms in total. The van der Waals surface area contributed by atoms with E-state index in [1.165, 1.54) is 23.1 Å². The van der Waals surface area contributed by atoms with Gasteiger partial charge in [0.2, 0.25) is 23.3 Å². The first-order valence-electron chi connectivity index (χ1n) is 24.7. The number of likely N-dealkylation sites (N-methyl/N-ethyl adjacent to an activating group) is 1. The van der Waals surface area contributed by atoms with Gasteiger partial charge in [0, 0.05) is 81.0 Å². The number of carbonyl (C=O) groups is 5. The molecule has 75 heavy (non-hydrogen) atoms. The van der Waals surface area contributed by atoms with Crippen LogP contribution in [0.5, 0.6) is 0 Å². The summed E-state index contributed by atoms with van der Waals surface area (Å²) in [5.41, 5.74) is 1.36. The summed E-state index contributed by atoms with van der Waals surface area (Å²) in [4.78, 5) is 92.8. The summed E-state index contributed by atoms with van der Waals surface area (Å²) in [6, 6.07) is 14.6. The van der Waals surface area contributed by atoms with Crippen LogP contribution in [0.25, 0.3) is 21.6 Å². The number of aliphatic hydroxyl groups excluding tert-OH is 1. The number of amides is 5. The molecule has 5 atom stereocenters. The third kappa shape index (κ3) is 13.5. The summed E-state index contributed by atoms with van der Waals surface area (Å²) in [7, 11) is 1.98. The Kier molecular flexibility index (Phi) is 17.3. The highest BCUT2D eigenvalue weighted by Gasteiger charge is 2.44. The maximum Gasteiger partial charge on any atom is 0.417 e. The molecular weight excluding hydrogens is 995 g/mol. The van der Waals surface area contributed by atoms with Gasteiger partial charge in [0.1, 0.15) is 17.9 Å². The molecule has 2 saturated heterocycles. The first-order valence-corrected chi connectivity index (χ1v) is 25.6. The van der Waals surface area contributed by atoms with Crippen molar-refractivity contribution in [2.24, 2.45) is 5.41 Å². The number of hydrogen-bond donors (Lipinski definition) is 6. The number of benzene rings is 3. The van der Waals surface area contributed by atoms with Crippen molar-refractivity contribution >= 4 is 52.2 Å². The Labute approximate surface area is 436 Å². The summed E-state index contributed by atoms with van der Waals surface area (Å²) in [6.07, 6.45) is -4.54. The van der Waals surface area contributed by atoms with Crippen molar-refractivity contribution in [1.82, 2.24) is 35.7 Å². The SMILES string of the molecule is Cc1ncsc1-c1ccc(CNC(=O)[C@@H]2C[C@@H](O)CN2C(=O)[C@@H](NC(=O)CCCCNC(=O)c2ccc(F)c(-c3ccc(N4C[C@@H](C)N(C)[C@@H](C)C4)c(NC(=O)c4c[nH]c(=O)cc4C(F)(F)F)c3)c2)C(C)(C)C)cc1. The number of likely N-dealkylation sites (tertiary alicyclic amines) is 1. The number of aromatic nitrogens is 2. The lowest BCUT2D eigenvalue weighted by atomic mass is 9.85. The van der Waals surface area contributed by atoms with E-state index in [1.54, 1.807) is 49.8 Å². The second-order valence-electron chi connectivity index (χ2n) is 20.4. The molecule has 0 spiro atoms. The number of carbonyl (C=O) groups excluding carboxylic acids is 5. The van der Waals surface area contributed by atoms with Crippen LogP contribution in [0.4, 0.5) is 28.9 Å². The van der Waals surface area contributed by atoms with E-state index in [-0.39, 0.29) is 66.9 Å². The number of piperazine rings is 1. The molecule has 5 aromatic rings. The smallest absolute Gasteiger partial charge is 0.391 e. The van der Waals surface area contributed by atoms with E-state index >= 15 is 4.39 Å². The van der Waals surface area contributed by atoms with Crippen LogP contribution in [-0.2, 0) is 27.1 Å². The number of halogens is 4. The molecule has 0 saturated carbocycles. The number of β-amino-alcohol motifs (C(OH)–C–C–N with tert-alkyl or cyclic N) is 1. The van der Waals surface area contributed by atoms with E-state index in [0.29, 0.717) is 43.9 Å². The van der Waals surface area contributed by atoms with Gasteiger partial charge < -0.3 is 41.2 Å². The van der Waals surface area contributed by atoms with E-state index in [4.69, 9.17) is 0 Å². The summed E-state index contributed by atoms with van der Waals surface area (Å²) in [6.45, 7) is 12.6. The molecule has 2 aliphatic heterocycles. The summed E-state index contributed by atoms with van der Waals surface area (Å²) in [5, 5.41) is 21.7. The van der Waals surface area contributed by atoms with Crippen molar-refractivity contribution in [3.8, 4) is 21.6 Å². The minimum Gasteiger partial charge on any atom is -0.391 e. The molecule has 0 aliphatic carbocycles. The third-order valence-corrected chi connectivity index (χ3v) is 14.8. The average molecular weight is 1060 g/mol. The highest BCUT2D eigenvalue weighted by atomic mass is 32.1. The molecule has 400 valence electrons. The molecule has 0 unspecified atom stereocenters. The average Bonchev–Trinajstić information content (AvgIpc) is 3.98. The molecule has 6 N–H and O–H groups in total. The van der Waals surface area contributed by atoms with Crippen molar-refractivity contribution < 1.29 is 46.6 Å². The minimum absolute atomic E-state index is 0.00483. The highest BCUT2D eigenvalue weighted by molar-refractivity contribution is 7.13.